The number of alkyl halides is 2. The average molecular weight is 410 g/mol. The molecule has 0 aliphatic rings. The smallest absolute Gasteiger partial charge is 0.269 e. The van der Waals surface area contributed by atoms with E-state index in [1.165, 1.54) is 12.1 Å². The predicted octanol–water partition coefficient (Wildman–Crippen LogP) is 5.35. The van der Waals surface area contributed by atoms with Crippen molar-refractivity contribution in [1.29, 1.82) is 0 Å². The minimum atomic E-state index is -3.36. The average Bonchev–Trinajstić information content (AvgIpc) is 2.99. The summed E-state index contributed by atoms with van der Waals surface area (Å²) in [5, 5.41) is 2.15. The third-order valence-electron chi connectivity index (χ3n) is 4.52. The van der Waals surface area contributed by atoms with E-state index in [1.807, 2.05) is 0 Å². The first-order valence-electron chi connectivity index (χ1n) is 9.10. The third-order valence-corrected chi connectivity index (χ3v) is 4.52. The van der Waals surface area contributed by atoms with Crippen molar-refractivity contribution in [1.82, 2.24) is 10.3 Å². The fourth-order valence-electron chi connectivity index (χ4n) is 3.18. The van der Waals surface area contributed by atoms with Gasteiger partial charge in [-0.25, -0.2) is 22.0 Å². The number of amides is 1. The maximum Gasteiger partial charge on any atom is 0.269 e. The van der Waals surface area contributed by atoms with E-state index in [9.17, 15) is 26.7 Å². The highest BCUT2D eigenvalue weighted by Gasteiger charge is 2.33. The Morgan fingerprint density at radius 1 is 1.07 bits per heavy atom. The van der Waals surface area contributed by atoms with Gasteiger partial charge >= 0.3 is 0 Å². The van der Waals surface area contributed by atoms with Crippen molar-refractivity contribution >= 4 is 16.8 Å². The number of H-pyrrole nitrogens is 1. The van der Waals surface area contributed by atoms with E-state index in [0.717, 1.165) is 18.2 Å². The van der Waals surface area contributed by atoms with Crippen LogP contribution in [0.5, 0.6) is 0 Å². The molecule has 0 saturated heterocycles. The number of fused-ring (bicyclic) bond motifs is 1. The highest BCUT2D eigenvalue weighted by atomic mass is 19.3. The molecule has 0 fully saturated rings. The second-order valence-electron chi connectivity index (χ2n) is 6.86. The molecule has 3 rings (SSSR count). The number of benzene rings is 2. The van der Waals surface area contributed by atoms with E-state index < -0.39 is 42.2 Å². The Morgan fingerprint density at radius 2 is 1.76 bits per heavy atom. The zero-order valence-electron chi connectivity index (χ0n) is 15.6. The maximum atomic E-state index is 14.6. The number of nitrogens with one attached hydrogen (secondary N) is 2. The largest absolute Gasteiger partial charge is 0.352 e. The van der Waals surface area contributed by atoms with Crippen LogP contribution in [0.2, 0.25) is 0 Å². The molecule has 0 radical (unpaired) electrons. The standard InChI is InChI=1S/C21H19F5N2O/c1-2-3-18(29)27-11-21(25,26)10-16-15-8-14(23)9-17(24)20(15)28-19(16)12-4-6-13(22)7-5-12/h4-9,28H,2-3,10-11H2,1H3,(H,27,29). The second kappa shape index (κ2) is 8.23. The number of carbonyl (C=O) groups excluding carboxylic acids is 1. The summed E-state index contributed by atoms with van der Waals surface area (Å²) in [6, 6.07) is 6.64. The fraction of sp³-hybridized carbons (Fsp3) is 0.286. The van der Waals surface area contributed by atoms with Crippen molar-refractivity contribution in [2.75, 3.05) is 6.54 Å². The number of hydrogen-bond donors (Lipinski definition) is 2. The number of aromatic nitrogens is 1. The van der Waals surface area contributed by atoms with Crippen LogP contribution in [0, 0.1) is 17.5 Å². The molecule has 0 aliphatic heterocycles. The predicted molar refractivity (Wildman–Crippen MR) is 100 cm³/mol. The molecular weight excluding hydrogens is 391 g/mol. The highest BCUT2D eigenvalue weighted by molar-refractivity contribution is 5.91. The molecule has 1 aromatic heterocycles. The molecule has 3 aromatic rings. The molecule has 0 bridgehead atoms. The molecule has 0 unspecified atom stereocenters. The zero-order valence-corrected chi connectivity index (χ0v) is 15.6. The minimum absolute atomic E-state index is 0.0141. The molecule has 29 heavy (non-hydrogen) atoms. The van der Waals surface area contributed by atoms with Crippen molar-refractivity contribution in [3.63, 3.8) is 0 Å². The molecule has 1 heterocycles. The van der Waals surface area contributed by atoms with Crippen LogP contribution in [0.4, 0.5) is 22.0 Å². The Hall–Kier alpha value is -2.90. The van der Waals surface area contributed by atoms with E-state index in [4.69, 9.17) is 0 Å². The van der Waals surface area contributed by atoms with Crippen LogP contribution >= 0.6 is 0 Å². The van der Waals surface area contributed by atoms with Crippen LogP contribution < -0.4 is 5.32 Å². The van der Waals surface area contributed by atoms with Crippen LogP contribution in [0.15, 0.2) is 36.4 Å². The molecule has 2 N–H and O–H groups in total. The summed E-state index contributed by atoms with van der Waals surface area (Å²) in [7, 11) is 0. The lowest BCUT2D eigenvalue weighted by Crippen LogP contribution is -2.38. The van der Waals surface area contributed by atoms with Crippen LogP contribution in [-0.2, 0) is 11.2 Å². The molecule has 0 spiro atoms. The maximum absolute atomic E-state index is 14.6. The summed E-state index contributed by atoms with van der Waals surface area (Å²) in [5.41, 5.74) is 0.360. The van der Waals surface area contributed by atoms with E-state index in [0.29, 0.717) is 18.1 Å². The Kier molecular flexibility index (Phi) is 5.91. The monoisotopic (exact) mass is 410 g/mol. The van der Waals surface area contributed by atoms with Gasteiger partial charge in [0.2, 0.25) is 5.91 Å². The lowest BCUT2D eigenvalue weighted by atomic mass is 9.99. The first-order chi connectivity index (χ1) is 13.7. The normalized spacial score (nSPS) is 11.8. The lowest BCUT2D eigenvalue weighted by molar-refractivity contribution is -0.123. The SMILES string of the molecule is CCCC(=O)NCC(F)(F)Cc1c(-c2ccc(F)cc2)[nH]c2c(F)cc(F)cc12. The Balaban J connectivity index is 2.03. The van der Waals surface area contributed by atoms with Gasteiger partial charge < -0.3 is 10.3 Å². The molecule has 0 saturated carbocycles. The summed E-state index contributed by atoms with van der Waals surface area (Å²) in [4.78, 5) is 14.2. The number of hydrogen-bond acceptors (Lipinski definition) is 1. The first-order valence-corrected chi connectivity index (χ1v) is 9.10. The van der Waals surface area contributed by atoms with Crippen molar-refractivity contribution < 1.29 is 26.7 Å². The number of rotatable bonds is 7. The highest BCUT2D eigenvalue weighted by Crippen LogP contribution is 2.36. The Bertz CT molecular complexity index is 1030. The number of carbonyl (C=O) groups is 1. The van der Waals surface area contributed by atoms with Gasteiger partial charge in [0.1, 0.15) is 17.5 Å². The van der Waals surface area contributed by atoms with Gasteiger partial charge in [-0.2, -0.15) is 0 Å². The van der Waals surface area contributed by atoms with E-state index in [2.05, 4.69) is 10.3 Å². The van der Waals surface area contributed by atoms with Crippen molar-refractivity contribution in [3.8, 4) is 11.3 Å². The third kappa shape index (κ3) is 4.75. The van der Waals surface area contributed by atoms with Crippen molar-refractivity contribution in [3.05, 3.63) is 59.4 Å². The summed E-state index contributed by atoms with van der Waals surface area (Å²) in [6.07, 6.45) is -0.220. The fourth-order valence-corrected chi connectivity index (χ4v) is 3.18. The van der Waals surface area contributed by atoms with Gasteiger partial charge in [0.25, 0.3) is 5.92 Å². The Morgan fingerprint density at radius 3 is 2.41 bits per heavy atom. The van der Waals surface area contributed by atoms with Crippen molar-refractivity contribution in [2.24, 2.45) is 0 Å². The minimum Gasteiger partial charge on any atom is -0.352 e. The summed E-state index contributed by atoms with van der Waals surface area (Å²) in [5.74, 6) is -6.21. The molecule has 2 aromatic carbocycles. The van der Waals surface area contributed by atoms with Gasteiger partial charge in [0, 0.05) is 30.0 Å². The van der Waals surface area contributed by atoms with E-state index >= 15 is 0 Å². The van der Waals surface area contributed by atoms with Crippen LogP contribution in [0.25, 0.3) is 22.2 Å². The quantitative estimate of drug-likeness (QED) is 0.507. The van der Waals surface area contributed by atoms with Gasteiger partial charge in [-0.05, 0) is 47.9 Å². The molecule has 1 amide bonds. The van der Waals surface area contributed by atoms with Gasteiger partial charge in [-0.15, -0.1) is 0 Å². The number of aromatic amines is 1. The van der Waals surface area contributed by atoms with Crippen LogP contribution in [-0.4, -0.2) is 23.4 Å². The first kappa shape index (κ1) is 20.8. The second-order valence-corrected chi connectivity index (χ2v) is 6.86. The van der Waals surface area contributed by atoms with Crippen LogP contribution in [0.1, 0.15) is 25.3 Å². The zero-order chi connectivity index (χ0) is 21.2. The van der Waals surface area contributed by atoms with Gasteiger partial charge in [0.15, 0.2) is 0 Å². The molecule has 8 heteroatoms. The summed E-state index contributed by atoms with van der Waals surface area (Å²) in [6.45, 7) is 0.848. The van der Waals surface area contributed by atoms with E-state index in [-0.39, 0.29) is 28.6 Å². The summed E-state index contributed by atoms with van der Waals surface area (Å²) < 4.78 is 70.4. The van der Waals surface area contributed by atoms with Crippen LogP contribution in [0.3, 0.4) is 0 Å². The van der Waals surface area contributed by atoms with E-state index in [1.54, 1.807) is 6.92 Å². The molecular formula is C21H19F5N2O. The molecule has 154 valence electrons. The topological polar surface area (TPSA) is 44.9 Å². The van der Waals surface area contributed by atoms with Gasteiger partial charge in [-0.3, -0.25) is 4.79 Å². The van der Waals surface area contributed by atoms with Gasteiger partial charge in [0.05, 0.1) is 12.1 Å². The molecule has 3 nitrogen and oxygen atoms in total. The summed E-state index contributed by atoms with van der Waals surface area (Å²) >= 11 is 0. The molecule has 0 atom stereocenters. The number of halogens is 5. The van der Waals surface area contributed by atoms with Crippen molar-refractivity contribution in [2.45, 2.75) is 32.1 Å². The molecule has 0 aliphatic carbocycles. The lowest BCUT2D eigenvalue weighted by Gasteiger charge is -2.18. The Labute approximate surface area is 163 Å². The van der Waals surface area contributed by atoms with Gasteiger partial charge in [-0.1, -0.05) is 6.92 Å².